The second-order valence-electron chi connectivity index (χ2n) is 6.72. The van der Waals surface area contributed by atoms with Crippen molar-refractivity contribution in [1.82, 2.24) is 25.5 Å². The smallest absolute Gasteiger partial charge is 0.328 e. The predicted octanol–water partition coefficient (Wildman–Crippen LogP) is 2.08. The summed E-state index contributed by atoms with van der Waals surface area (Å²) >= 11 is 1.21. The Labute approximate surface area is 163 Å². The molecule has 1 aromatic heterocycles. The van der Waals surface area contributed by atoms with Gasteiger partial charge in [0.1, 0.15) is 6.04 Å². The van der Waals surface area contributed by atoms with Crippen LogP contribution in [0.5, 0.6) is 0 Å². The number of benzene rings is 1. The first kappa shape index (κ1) is 20.9. The first-order chi connectivity index (χ1) is 12.8. The van der Waals surface area contributed by atoms with Gasteiger partial charge in [-0.25, -0.2) is 4.79 Å². The monoisotopic (exact) mass is 391 g/mol. The number of carbonyl (C=O) groups is 2. The van der Waals surface area contributed by atoms with Crippen LogP contribution >= 0.6 is 11.8 Å². The van der Waals surface area contributed by atoms with Gasteiger partial charge in [-0.1, -0.05) is 37.7 Å². The fourth-order valence-electron chi connectivity index (χ4n) is 2.56. The molecular formula is C18H25N5O3S. The van der Waals surface area contributed by atoms with Crippen molar-refractivity contribution in [1.29, 1.82) is 0 Å². The molecule has 0 saturated carbocycles. The highest BCUT2D eigenvalue weighted by atomic mass is 32.2. The highest BCUT2D eigenvalue weighted by molar-refractivity contribution is 7.99. The SMILES string of the molecule is COC(=O)[C@H](CC(C)C)NC(=O)CSc1nnnn1-c1cc(C)ccc1C. The minimum atomic E-state index is -0.655. The van der Waals surface area contributed by atoms with Gasteiger partial charge in [0.15, 0.2) is 0 Å². The van der Waals surface area contributed by atoms with Crippen molar-refractivity contribution >= 4 is 23.6 Å². The van der Waals surface area contributed by atoms with E-state index in [1.807, 2.05) is 45.9 Å². The standard InChI is InChI=1S/C18H25N5O3S/c1-11(2)8-14(17(25)26-5)19-16(24)10-27-18-20-21-22-23(18)15-9-12(3)6-7-13(15)4/h6-7,9,11,14H,8,10H2,1-5H3,(H,19,24)/t14-/m0/s1. The molecule has 0 radical (unpaired) electrons. The van der Waals surface area contributed by atoms with Crippen LogP contribution in [0.25, 0.3) is 5.69 Å². The zero-order valence-corrected chi connectivity index (χ0v) is 17.0. The largest absolute Gasteiger partial charge is 0.467 e. The van der Waals surface area contributed by atoms with E-state index >= 15 is 0 Å². The minimum Gasteiger partial charge on any atom is -0.467 e. The minimum absolute atomic E-state index is 0.0941. The predicted molar refractivity (Wildman–Crippen MR) is 103 cm³/mol. The molecule has 27 heavy (non-hydrogen) atoms. The summed E-state index contributed by atoms with van der Waals surface area (Å²) in [7, 11) is 1.31. The third kappa shape index (κ3) is 5.78. The van der Waals surface area contributed by atoms with E-state index in [4.69, 9.17) is 4.74 Å². The van der Waals surface area contributed by atoms with Gasteiger partial charge in [-0.05, 0) is 53.8 Å². The topological polar surface area (TPSA) is 99.0 Å². The summed E-state index contributed by atoms with van der Waals surface area (Å²) in [6.07, 6.45) is 0.517. The number of amides is 1. The van der Waals surface area contributed by atoms with Crippen molar-refractivity contribution < 1.29 is 14.3 Å². The van der Waals surface area contributed by atoms with Crippen LogP contribution in [-0.4, -0.2) is 51.0 Å². The number of esters is 1. The van der Waals surface area contributed by atoms with Crippen LogP contribution in [0.2, 0.25) is 0 Å². The quantitative estimate of drug-likeness (QED) is 0.543. The fraction of sp³-hybridized carbons (Fsp3) is 0.500. The Hall–Kier alpha value is -2.42. The Morgan fingerprint density at radius 2 is 2.04 bits per heavy atom. The number of ether oxygens (including phenoxy) is 1. The summed E-state index contributed by atoms with van der Waals surface area (Å²) in [6, 6.07) is 5.36. The molecule has 0 unspecified atom stereocenters. The van der Waals surface area contributed by atoms with Gasteiger partial charge in [0, 0.05) is 0 Å². The van der Waals surface area contributed by atoms with E-state index in [0.29, 0.717) is 11.6 Å². The highest BCUT2D eigenvalue weighted by Gasteiger charge is 2.23. The van der Waals surface area contributed by atoms with Crippen LogP contribution < -0.4 is 5.32 Å². The number of rotatable bonds is 8. The first-order valence-electron chi connectivity index (χ1n) is 8.67. The van der Waals surface area contributed by atoms with Gasteiger partial charge >= 0.3 is 5.97 Å². The van der Waals surface area contributed by atoms with Gasteiger partial charge in [-0.15, -0.1) is 5.10 Å². The lowest BCUT2D eigenvalue weighted by Gasteiger charge is -2.18. The number of hydrogen-bond donors (Lipinski definition) is 1. The van der Waals surface area contributed by atoms with E-state index in [9.17, 15) is 9.59 Å². The number of aromatic nitrogens is 4. The number of aryl methyl sites for hydroxylation is 2. The van der Waals surface area contributed by atoms with Gasteiger partial charge < -0.3 is 10.1 Å². The highest BCUT2D eigenvalue weighted by Crippen LogP contribution is 2.21. The maximum absolute atomic E-state index is 12.3. The zero-order valence-electron chi connectivity index (χ0n) is 16.2. The Morgan fingerprint density at radius 3 is 2.70 bits per heavy atom. The summed E-state index contributed by atoms with van der Waals surface area (Å²) in [6.45, 7) is 7.93. The summed E-state index contributed by atoms with van der Waals surface area (Å²) < 4.78 is 6.39. The average molecular weight is 391 g/mol. The number of nitrogens with one attached hydrogen (secondary N) is 1. The van der Waals surface area contributed by atoms with Crippen molar-refractivity contribution in [3.8, 4) is 5.69 Å². The third-order valence-corrected chi connectivity index (χ3v) is 4.81. The lowest BCUT2D eigenvalue weighted by atomic mass is 10.0. The van der Waals surface area contributed by atoms with Gasteiger partial charge in [0.2, 0.25) is 11.1 Å². The number of tetrazole rings is 1. The fourth-order valence-corrected chi connectivity index (χ4v) is 3.26. The van der Waals surface area contributed by atoms with Crippen LogP contribution in [0, 0.1) is 19.8 Å². The maximum Gasteiger partial charge on any atom is 0.328 e. The van der Waals surface area contributed by atoms with Crippen molar-refractivity contribution in [2.45, 2.75) is 45.3 Å². The molecule has 9 heteroatoms. The van der Waals surface area contributed by atoms with Gasteiger partial charge in [-0.2, -0.15) is 4.68 Å². The maximum atomic E-state index is 12.3. The van der Waals surface area contributed by atoms with E-state index in [1.54, 1.807) is 4.68 Å². The molecule has 0 bridgehead atoms. The number of nitrogens with zero attached hydrogens (tertiary/aromatic N) is 4. The summed E-state index contributed by atoms with van der Waals surface area (Å²) in [5.74, 6) is -0.371. The Morgan fingerprint density at radius 1 is 1.30 bits per heavy atom. The average Bonchev–Trinajstić information content (AvgIpc) is 3.08. The van der Waals surface area contributed by atoms with E-state index in [-0.39, 0.29) is 17.6 Å². The zero-order chi connectivity index (χ0) is 20.0. The molecular weight excluding hydrogens is 366 g/mol. The van der Waals surface area contributed by atoms with Crippen molar-refractivity contribution in [3.63, 3.8) is 0 Å². The first-order valence-corrected chi connectivity index (χ1v) is 9.66. The second kappa shape index (κ2) is 9.50. The molecule has 1 amide bonds. The van der Waals surface area contributed by atoms with Crippen LogP contribution in [0.4, 0.5) is 0 Å². The summed E-state index contributed by atoms with van der Waals surface area (Å²) in [4.78, 5) is 24.1. The van der Waals surface area contributed by atoms with E-state index in [2.05, 4.69) is 20.8 Å². The van der Waals surface area contributed by atoms with Crippen LogP contribution in [0.3, 0.4) is 0 Å². The molecule has 0 fully saturated rings. The molecule has 0 aliphatic carbocycles. The Kier molecular flexibility index (Phi) is 7.35. The molecule has 0 saturated heterocycles. The molecule has 146 valence electrons. The molecule has 1 heterocycles. The van der Waals surface area contributed by atoms with E-state index < -0.39 is 12.0 Å². The molecule has 1 aromatic carbocycles. The van der Waals surface area contributed by atoms with Crippen LogP contribution in [0.1, 0.15) is 31.4 Å². The molecule has 2 rings (SSSR count). The molecule has 1 atom stereocenters. The van der Waals surface area contributed by atoms with Gasteiger partial charge in [0.25, 0.3) is 0 Å². The normalized spacial score (nSPS) is 12.1. The molecule has 0 aliphatic rings. The van der Waals surface area contributed by atoms with E-state index in [1.165, 1.54) is 18.9 Å². The molecule has 0 aliphatic heterocycles. The third-order valence-electron chi connectivity index (χ3n) is 3.89. The van der Waals surface area contributed by atoms with Crippen molar-refractivity contribution in [2.24, 2.45) is 5.92 Å². The number of thioether (sulfide) groups is 1. The number of methoxy groups -OCH3 is 1. The lowest BCUT2D eigenvalue weighted by Crippen LogP contribution is -2.43. The molecule has 8 nitrogen and oxygen atoms in total. The Bertz CT molecular complexity index is 806. The summed E-state index contributed by atoms with van der Waals surface area (Å²) in [5.41, 5.74) is 2.99. The van der Waals surface area contributed by atoms with Crippen molar-refractivity contribution in [3.05, 3.63) is 29.3 Å². The number of hydrogen-bond acceptors (Lipinski definition) is 7. The van der Waals surface area contributed by atoms with Gasteiger partial charge in [0.05, 0.1) is 18.6 Å². The lowest BCUT2D eigenvalue weighted by molar-refractivity contribution is -0.145. The molecule has 1 N–H and O–H groups in total. The van der Waals surface area contributed by atoms with Crippen molar-refractivity contribution in [2.75, 3.05) is 12.9 Å². The Balaban J connectivity index is 2.05. The number of carbonyl (C=O) groups excluding carboxylic acids is 2. The molecule has 2 aromatic rings. The summed E-state index contributed by atoms with van der Waals surface area (Å²) in [5, 5.41) is 15.0. The molecule has 0 spiro atoms. The van der Waals surface area contributed by atoms with Gasteiger partial charge in [-0.3, -0.25) is 4.79 Å². The second-order valence-corrected chi connectivity index (χ2v) is 7.67. The van der Waals surface area contributed by atoms with Crippen LogP contribution in [0.15, 0.2) is 23.4 Å². The van der Waals surface area contributed by atoms with Crippen LogP contribution in [-0.2, 0) is 14.3 Å². The van der Waals surface area contributed by atoms with E-state index in [0.717, 1.165) is 16.8 Å².